The number of rotatable bonds is 1. The van der Waals surface area contributed by atoms with E-state index in [1.165, 1.54) is 11.1 Å². The van der Waals surface area contributed by atoms with Gasteiger partial charge < -0.3 is 0 Å². The van der Waals surface area contributed by atoms with E-state index in [1.54, 1.807) is 0 Å². The Balaban J connectivity index is 2.57. The van der Waals surface area contributed by atoms with E-state index in [-0.39, 0.29) is 0 Å². The molecule has 0 heterocycles. The third kappa shape index (κ3) is 2.30. The molecule has 1 nitrogen and oxygen atoms in total. The fraction of sp³-hybridized carbons (Fsp3) is 0.400. The van der Waals surface area contributed by atoms with E-state index in [0.29, 0.717) is 12.2 Å². The molecule has 0 bridgehead atoms. The summed E-state index contributed by atoms with van der Waals surface area (Å²) in [6.45, 7) is 6.01. The zero-order chi connectivity index (χ0) is 12.6. The summed E-state index contributed by atoms with van der Waals surface area (Å²) in [5, 5.41) is 0.798. The van der Waals surface area contributed by atoms with Crippen LogP contribution < -0.4 is 0 Å². The second-order valence-electron chi connectivity index (χ2n) is 4.80. The van der Waals surface area contributed by atoms with Crippen LogP contribution in [-0.4, -0.2) is 5.78 Å². The lowest BCUT2D eigenvalue weighted by Gasteiger charge is -2.19. The predicted molar refractivity (Wildman–Crippen MR) is 72.4 cm³/mol. The molecule has 1 aliphatic rings. The van der Waals surface area contributed by atoms with Crippen molar-refractivity contribution in [2.75, 3.05) is 0 Å². The van der Waals surface area contributed by atoms with Gasteiger partial charge in [0, 0.05) is 11.4 Å². The van der Waals surface area contributed by atoms with Crippen LogP contribution in [0.4, 0.5) is 0 Å². The molecule has 0 radical (unpaired) electrons. The van der Waals surface area contributed by atoms with Gasteiger partial charge in [-0.05, 0) is 67.5 Å². The maximum atomic E-state index is 11.8. The first-order valence-electron chi connectivity index (χ1n) is 6.00. The Labute approximate surface area is 107 Å². The first kappa shape index (κ1) is 12.4. The molecule has 0 unspecified atom stereocenters. The number of carbonyl (C=O) groups excluding carboxylic acids is 1. The van der Waals surface area contributed by atoms with E-state index in [4.69, 9.17) is 11.6 Å². The van der Waals surface area contributed by atoms with Crippen molar-refractivity contribution in [3.8, 4) is 0 Å². The van der Waals surface area contributed by atoms with Gasteiger partial charge >= 0.3 is 0 Å². The van der Waals surface area contributed by atoms with Gasteiger partial charge in [0.2, 0.25) is 0 Å². The van der Waals surface area contributed by atoms with Gasteiger partial charge in [0.1, 0.15) is 0 Å². The van der Waals surface area contributed by atoms with Crippen molar-refractivity contribution in [3.63, 3.8) is 0 Å². The number of aryl methyl sites for hydroxylation is 2. The predicted octanol–water partition coefficient (Wildman–Crippen LogP) is 4.48. The summed E-state index contributed by atoms with van der Waals surface area (Å²) < 4.78 is 0. The van der Waals surface area contributed by atoms with E-state index in [0.717, 1.165) is 34.6 Å². The minimum absolute atomic E-state index is 0.290. The normalized spacial score (nSPS) is 16.6. The summed E-state index contributed by atoms with van der Waals surface area (Å²) in [6.07, 6.45) is 2.66. The molecule has 0 saturated carbocycles. The maximum absolute atomic E-state index is 11.8. The molecule has 0 aliphatic heterocycles. The highest BCUT2D eigenvalue weighted by molar-refractivity contribution is 6.31. The summed E-state index contributed by atoms with van der Waals surface area (Å²) in [5.41, 5.74) is 5.56. The molecule has 0 fully saturated rings. The highest BCUT2D eigenvalue weighted by Gasteiger charge is 2.19. The standard InChI is InChI=1S/C15H17ClO/c1-9-8-14(16)10(2)7-13(9)12-5-4-6-15(17)11(12)3/h7-8H,4-6H2,1-3H3. The van der Waals surface area contributed by atoms with Gasteiger partial charge in [-0.1, -0.05) is 17.7 Å². The molecular weight excluding hydrogens is 232 g/mol. The van der Waals surface area contributed by atoms with Crippen LogP contribution in [0.1, 0.15) is 42.9 Å². The van der Waals surface area contributed by atoms with Crippen molar-refractivity contribution >= 4 is 23.0 Å². The molecule has 0 aromatic heterocycles. The largest absolute Gasteiger partial charge is 0.295 e. The van der Waals surface area contributed by atoms with Gasteiger partial charge in [0.05, 0.1) is 0 Å². The SMILES string of the molecule is CC1=C(c2cc(C)c(Cl)cc2C)CCCC1=O. The van der Waals surface area contributed by atoms with Crippen LogP contribution in [0.2, 0.25) is 5.02 Å². The van der Waals surface area contributed by atoms with Crippen LogP contribution in [0.25, 0.3) is 5.57 Å². The highest BCUT2D eigenvalue weighted by Crippen LogP contribution is 2.34. The van der Waals surface area contributed by atoms with Crippen LogP contribution in [0.3, 0.4) is 0 Å². The molecule has 2 rings (SSSR count). The molecule has 0 atom stereocenters. The lowest BCUT2D eigenvalue weighted by molar-refractivity contribution is -0.115. The van der Waals surface area contributed by atoms with Crippen LogP contribution in [0.15, 0.2) is 17.7 Å². The second-order valence-corrected chi connectivity index (χ2v) is 5.20. The number of carbonyl (C=O) groups is 1. The first-order valence-corrected chi connectivity index (χ1v) is 6.38. The quantitative estimate of drug-likeness (QED) is 0.716. The number of halogens is 1. The molecule has 90 valence electrons. The summed E-state index contributed by atoms with van der Waals surface area (Å²) >= 11 is 6.11. The molecule has 1 aromatic rings. The van der Waals surface area contributed by atoms with Crippen molar-refractivity contribution in [3.05, 3.63) is 39.4 Å². The van der Waals surface area contributed by atoms with Crippen molar-refractivity contribution < 1.29 is 4.79 Å². The van der Waals surface area contributed by atoms with Gasteiger partial charge in [0.15, 0.2) is 5.78 Å². The number of hydrogen-bond donors (Lipinski definition) is 0. The second kappa shape index (κ2) is 4.66. The average Bonchev–Trinajstić information content (AvgIpc) is 2.28. The van der Waals surface area contributed by atoms with Gasteiger partial charge in [-0.2, -0.15) is 0 Å². The zero-order valence-corrected chi connectivity index (χ0v) is 11.3. The van der Waals surface area contributed by atoms with E-state index in [2.05, 4.69) is 13.0 Å². The molecule has 0 saturated heterocycles. The van der Waals surface area contributed by atoms with Crippen LogP contribution >= 0.6 is 11.6 Å². The lowest BCUT2D eigenvalue weighted by Crippen LogP contribution is -2.09. The van der Waals surface area contributed by atoms with Crippen molar-refractivity contribution in [1.82, 2.24) is 0 Å². The molecule has 0 amide bonds. The van der Waals surface area contributed by atoms with Gasteiger partial charge in [0.25, 0.3) is 0 Å². The van der Waals surface area contributed by atoms with Crippen LogP contribution in [-0.2, 0) is 4.79 Å². The van der Waals surface area contributed by atoms with Crippen LogP contribution in [0, 0.1) is 13.8 Å². The fourth-order valence-electron chi connectivity index (χ4n) is 2.41. The summed E-state index contributed by atoms with van der Waals surface area (Å²) in [5.74, 6) is 0.290. The Hall–Kier alpha value is -1.08. The third-order valence-electron chi connectivity index (χ3n) is 3.53. The van der Waals surface area contributed by atoms with E-state index < -0.39 is 0 Å². The van der Waals surface area contributed by atoms with E-state index >= 15 is 0 Å². The molecule has 0 spiro atoms. The Morgan fingerprint density at radius 3 is 2.47 bits per heavy atom. The van der Waals surface area contributed by atoms with Gasteiger partial charge in [-0.3, -0.25) is 4.79 Å². The zero-order valence-electron chi connectivity index (χ0n) is 10.6. The minimum atomic E-state index is 0.290. The summed E-state index contributed by atoms with van der Waals surface area (Å²) in [6, 6.07) is 4.10. The van der Waals surface area contributed by atoms with Crippen molar-refractivity contribution in [2.45, 2.75) is 40.0 Å². The van der Waals surface area contributed by atoms with E-state index in [9.17, 15) is 4.79 Å². The molecule has 1 aliphatic carbocycles. The molecule has 1 aromatic carbocycles. The molecule has 2 heteroatoms. The minimum Gasteiger partial charge on any atom is -0.295 e. The number of Topliss-reactive ketones (excluding diaryl/α,β-unsaturated/α-hetero) is 1. The lowest BCUT2D eigenvalue weighted by atomic mass is 9.85. The van der Waals surface area contributed by atoms with Gasteiger partial charge in [-0.15, -0.1) is 0 Å². The third-order valence-corrected chi connectivity index (χ3v) is 3.94. The number of hydrogen-bond acceptors (Lipinski definition) is 1. The molecular formula is C15H17ClO. The Morgan fingerprint density at radius 1 is 1.06 bits per heavy atom. The summed E-state index contributed by atoms with van der Waals surface area (Å²) in [4.78, 5) is 11.8. The van der Waals surface area contributed by atoms with Gasteiger partial charge in [-0.25, -0.2) is 0 Å². The number of benzene rings is 1. The highest BCUT2D eigenvalue weighted by atomic mass is 35.5. The topological polar surface area (TPSA) is 17.1 Å². The Bertz CT molecular complexity index is 512. The number of allylic oxidation sites excluding steroid dienone is 2. The van der Waals surface area contributed by atoms with Crippen molar-refractivity contribution in [2.24, 2.45) is 0 Å². The average molecular weight is 249 g/mol. The Kier molecular flexibility index (Phi) is 3.39. The fourth-order valence-corrected chi connectivity index (χ4v) is 2.63. The monoisotopic (exact) mass is 248 g/mol. The smallest absolute Gasteiger partial charge is 0.158 e. The van der Waals surface area contributed by atoms with E-state index in [1.807, 2.05) is 19.9 Å². The molecule has 17 heavy (non-hydrogen) atoms. The number of ketones is 1. The van der Waals surface area contributed by atoms with Crippen LogP contribution in [0.5, 0.6) is 0 Å². The van der Waals surface area contributed by atoms with Crippen molar-refractivity contribution in [1.29, 1.82) is 0 Å². The maximum Gasteiger partial charge on any atom is 0.158 e. The Morgan fingerprint density at radius 2 is 1.76 bits per heavy atom. The first-order chi connectivity index (χ1) is 8.00. The summed E-state index contributed by atoms with van der Waals surface area (Å²) in [7, 11) is 0. The molecule has 0 N–H and O–H groups in total.